The van der Waals surface area contributed by atoms with Gasteiger partial charge in [0.2, 0.25) is 0 Å². The van der Waals surface area contributed by atoms with E-state index >= 15 is 0 Å². The predicted molar refractivity (Wildman–Crippen MR) is 68.4 cm³/mol. The summed E-state index contributed by atoms with van der Waals surface area (Å²) in [5.41, 5.74) is 1.09. The fourth-order valence-corrected chi connectivity index (χ4v) is 1.32. The highest BCUT2D eigenvalue weighted by Gasteiger charge is 1.99. The van der Waals surface area contributed by atoms with E-state index in [0.717, 1.165) is 5.56 Å². The lowest BCUT2D eigenvalue weighted by Gasteiger charge is -1.96. The lowest BCUT2D eigenvalue weighted by molar-refractivity contribution is -0.140. The second kappa shape index (κ2) is 7.91. The van der Waals surface area contributed by atoms with Crippen LogP contribution in [-0.2, 0) is 9.53 Å². The van der Waals surface area contributed by atoms with Gasteiger partial charge in [-0.1, -0.05) is 41.4 Å². The van der Waals surface area contributed by atoms with Crippen LogP contribution in [0.15, 0.2) is 35.5 Å². The van der Waals surface area contributed by atoms with E-state index in [0.29, 0.717) is 25.0 Å². The van der Waals surface area contributed by atoms with Crippen LogP contribution in [-0.4, -0.2) is 24.0 Å². The maximum atomic E-state index is 10.9. The van der Waals surface area contributed by atoms with Crippen molar-refractivity contribution in [1.29, 1.82) is 0 Å². The molecule has 1 rings (SSSR count). The number of oxime groups is 1. The van der Waals surface area contributed by atoms with Crippen LogP contribution in [0.2, 0.25) is 0 Å². The molecule has 0 aliphatic heterocycles. The summed E-state index contributed by atoms with van der Waals surface area (Å²) in [4.78, 5) is 10.9. The van der Waals surface area contributed by atoms with Gasteiger partial charge in [-0.3, -0.25) is 4.79 Å². The Labute approximate surface area is 106 Å². The quantitative estimate of drug-likeness (QED) is 0.221. The first-order valence-electron chi connectivity index (χ1n) is 5.61. The molecule has 0 aliphatic carbocycles. The van der Waals surface area contributed by atoms with Crippen LogP contribution in [0.25, 0.3) is 0 Å². The topological polar surface area (TPSA) is 58.9 Å². The van der Waals surface area contributed by atoms with Crippen molar-refractivity contribution in [1.82, 2.24) is 0 Å². The van der Waals surface area contributed by atoms with Gasteiger partial charge in [0.15, 0.2) is 5.71 Å². The zero-order chi connectivity index (χ0) is 13.2. The third-order valence-corrected chi connectivity index (χ3v) is 2.26. The highest BCUT2D eigenvalue weighted by molar-refractivity contribution is 6.12. The van der Waals surface area contributed by atoms with Crippen LogP contribution >= 0.6 is 0 Å². The fraction of sp³-hybridized carbons (Fsp3) is 0.286. The minimum atomic E-state index is -0.240. The molecule has 1 aromatic carbocycles. The molecule has 0 atom stereocenters. The van der Waals surface area contributed by atoms with Gasteiger partial charge in [-0.15, -0.1) is 0 Å². The molecular weight excluding hydrogens is 230 g/mol. The molecule has 0 fully saturated rings. The van der Waals surface area contributed by atoms with E-state index < -0.39 is 0 Å². The zero-order valence-corrected chi connectivity index (χ0v) is 10.2. The number of esters is 1. The van der Waals surface area contributed by atoms with E-state index in [2.05, 4.69) is 21.7 Å². The lowest BCUT2D eigenvalue weighted by Crippen LogP contribution is -1.99. The summed E-state index contributed by atoms with van der Waals surface area (Å²) >= 11 is 0. The van der Waals surface area contributed by atoms with Crippen molar-refractivity contribution in [2.75, 3.05) is 7.11 Å². The molecule has 0 unspecified atom stereocenters. The average Bonchev–Trinajstić information content (AvgIpc) is 2.43. The van der Waals surface area contributed by atoms with Crippen LogP contribution in [0.1, 0.15) is 24.8 Å². The van der Waals surface area contributed by atoms with E-state index in [1.807, 2.05) is 30.3 Å². The molecule has 1 aromatic rings. The summed E-state index contributed by atoms with van der Waals surface area (Å²) < 4.78 is 4.52. The number of rotatable bonds is 4. The Balaban J connectivity index is 2.49. The Morgan fingerprint density at radius 1 is 1.39 bits per heavy atom. The summed E-state index contributed by atoms with van der Waals surface area (Å²) in [7, 11) is 1.36. The van der Waals surface area contributed by atoms with Crippen LogP contribution in [0.5, 0.6) is 0 Å². The monoisotopic (exact) mass is 245 g/mol. The third-order valence-electron chi connectivity index (χ3n) is 2.26. The molecule has 0 aromatic heterocycles. The number of ether oxygens (including phenoxy) is 1. The van der Waals surface area contributed by atoms with Crippen molar-refractivity contribution in [3.8, 4) is 11.8 Å². The van der Waals surface area contributed by atoms with Crippen LogP contribution < -0.4 is 0 Å². The minimum absolute atomic E-state index is 0.240. The normalized spacial score (nSPS) is 10.4. The highest BCUT2D eigenvalue weighted by atomic mass is 16.5. The predicted octanol–water partition coefficient (Wildman–Crippen LogP) is 2.21. The van der Waals surface area contributed by atoms with Gasteiger partial charge in [-0.25, -0.2) is 0 Å². The van der Waals surface area contributed by atoms with Crippen molar-refractivity contribution in [2.24, 2.45) is 5.16 Å². The second-order valence-electron chi connectivity index (χ2n) is 3.55. The number of carbonyl (C=O) groups excluding carboxylic acids is 1. The molecule has 0 saturated heterocycles. The molecule has 0 bridgehead atoms. The molecule has 0 saturated carbocycles. The van der Waals surface area contributed by atoms with Crippen molar-refractivity contribution >= 4 is 11.7 Å². The number of hydrogen-bond donors (Lipinski definition) is 1. The van der Waals surface area contributed by atoms with Crippen LogP contribution in [0.3, 0.4) is 0 Å². The number of unbranched alkanes of at least 4 members (excludes halogenated alkanes) is 1. The summed E-state index contributed by atoms with van der Waals surface area (Å²) in [6, 6.07) is 9.21. The zero-order valence-electron chi connectivity index (χ0n) is 10.2. The van der Waals surface area contributed by atoms with Crippen molar-refractivity contribution in [2.45, 2.75) is 19.3 Å². The van der Waals surface area contributed by atoms with Crippen LogP contribution in [0.4, 0.5) is 0 Å². The van der Waals surface area contributed by atoms with Gasteiger partial charge in [0.1, 0.15) is 0 Å². The van der Waals surface area contributed by atoms with E-state index in [1.165, 1.54) is 7.11 Å². The Morgan fingerprint density at radius 3 is 2.72 bits per heavy atom. The largest absolute Gasteiger partial charge is 0.469 e. The molecule has 4 nitrogen and oxygen atoms in total. The number of benzene rings is 1. The number of nitrogens with zero attached hydrogens (tertiary/aromatic N) is 1. The average molecular weight is 245 g/mol. The van der Waals surface area contributed by atoms with Gasteiger partial charge < -0.3 is 9.94 Å². The second-order valence-corrected chi connectivity index (χ2v) is 3.55. The first-order chi connectivity index (χ1) is 8.77. The van der Waals surface area contributed by atoms with E-state index in [4.69, 9.17) is 5.21 Å². The van der Waals surface area contributed by atoms with Crippen molar-refractivity contribution in [3.63, 3.8) is 0 Å². The molecule has 1 N–H and O–H groups in total. The van der Waals surface area contributed by atoms with E-state index in [9.17, 15) is 4.79 Å². The Bertz CT molecular complexity index is 469. The standard InChI is InChI=1S/C14H15NO3/c1-18-14(16)11-7-3-6-10-13(15-17)12-8-4-2-5-9-12/h2,4-5,8-9,17H,3,7,11H2,1H3. The highest BCUT2D eigenvalue weighted by Crippen LogP contribution is 2.01. The third kappa shape index (κ3) is 4.71. The smallest absolute Gasteiger partial charge is 0.305 e. The summed E-state index contributed by atoms with van der Waals surface area (Å²) in [5.74, 6) is 5.40. The number of methoxy groups -OCH3 is 1. The Morgan fingerprint density at radius 2 is 2.11 bits per heavy atom. The molecule has 0 radical (unpaired) electrons. The van der Waals surface area contributed by atoms with Gasteiger partial charge in [0, 0.05) is 18.4 Å². The van der Waals surface area contributed by atoms with Gasteiger partial charge in [-0.2, -0.15) is 0 Å². The Kier molecular flexibility index (Phi) is 6.05. The number of carbonyl (C=O) groups is 1. The first kappa shape index (κ1) is 13.8. The maximum Gasteiger partial charge on any atom is 0.305 e. The molecule has 0 spiro atoms. The first-order valence-corrected chi connectivity index (χ1v) is 5.61. The van der Waals surface area contributed by atoms with Gasteiger partial charge in [-0.05, 0) is 12.3 Å². The molecule has 0 heterocycles. The number of hydrogen-bond acceptors (Lipinski definition) is 4. The van der Waals surface area contributed by atoms with Gasteiger partial charge in [0.25, 0.3) is 0 Å². The van der Waals surface area contributed by atoms with Crippen molar-refractivity contribution < 1.29 is 14.7 Å². The van der Waals surface area contributed by atoms with Crippen molar-refractivity contribution in [3.05, 3.63) is 35.9 Å². The Hall–Kier alpha value is -2.28. The van der Waals surface area contributed by atoms with E-state index in [1.54, 1.807) is 0 Å². The summed E-state index contributed by atoms with van der Waals surface area (Å²) in [6.07, 6.45) is 1.54. The summed E-state index contributed by atoms with van der Waals surface area (Å²) in [6.45, 7) is 0. The molecule has 0 amide bonds. The molecule has 18 heavy (non-hydrogen) atoms. The molecule has 0 aliphatic rings. The molecule has 94 valence electrons. The summed E-state index contributed by atoms with van der Waals surface area (Å²) in [5, 5.41) is 12.0. The molecular formula is C14H15NO3. The fourth-order valence-electron chi connectivity index (χ4n) is 1.32. The van der Waals surface area contributed by atoms with Gasteiger partial charge in [0.05, 0.1) is 7.11 Å². The van der Waals surface area contributed by atoms with Crippen LogP contribution in [0, 0.1) is 11.8 Å². The minimum Gasteiger partial charge on any atom is -0.469 e. The van der Waals surface area contributed by atoms with Gasteiger partial charge >= 0.3 is 5.97 Å². The maximum absolute atomic E-state index is 10.9. The SMILES string of the molecule is COC(=O)CCCC#CC(=NO)c1ccccc1. The lowest BCUT2D eigenvalue weighted by atomic mass is 10.1. The van der Waals surface area contributed by atoms with E-state index in [-0.39, 0.29) is 5.97 Å². The molecule has 4 heteroatoms.